The molecule has 0 aliphatic carbocycles. The van der Waals surface area contributed by atoms with Gasteiger partial charge in [-0.05, 0) is 27.1 Å². The molecule has 0 spiro atoms. The Morgan fingerprint density at radius 1 is 1.37 bits per heavy atom. The predicted molar refractivity (Wildman–Crippen MR) is 75.7 cm³/mol. The molecule has 0 unspecified atom stereocenters. The fraction of sp³-hybridized carbons (Fsp3) is 0.692. The third-order valence-electron chi connectivity index (χ3n) is 3.17. The molecular weight excluding hydrogens is 242 g/mol. The van der Waals surface area contributed by atoms with Crippen LogP contribution in [-0.2, 0) is 13.0 Å². The number of rotatable bonds is 6. The molecular formula is C13H23N5O. The number of aromatic nitrogens is 2. The third kappa shape index (κ3) is 3.78. The van der Waals surface area contributed by atoms with Crippen LogP contribution < -0.4 is 15.4 Å². The van der Waals surface area contributed by atoms with E-state index in [4.69, 9.17) is 4.74 Å². The van der Waals surface area contributed by atoms with Crippen LogP contribution in [0, 0.1) is 0 Å². The van der Waals surface area contributed by atoms with E-state index in [0.29, 0.717) is 6.01 Å². The smallest absolute Gasteiger partial charge is 0.318 e. The number of anilines is 1. The highest BCUT2D eigenvalue weighted by Gasteiger charge is 2.17. The van der Waals surface area contributed by atoms with Crippen molar-refractivity contribution in [3.63, 3.8) is 0 Å². The number of nitrogens with one attached hydrogen (secondary N) is 2. The van der Waals surface area contributed by atoms with Crippen LogP contribution >= 0.6 is 0 Å². The number of fused-ring (bicyclic) bond motifs is 1. The summed E-state index contributed by atoms with van der Waals surface area (Å²) in [4.78, 5) is 11.0. The number of ether oxygens (including phenoxy) is 1. The van der Waals surface area contributed by atoms with Gasteiger partial charge in [0.05, 0.1) is 12.8 Å². The van der Waals surface area contributed by atoms with Crippen molar-refractivity contribution in [3.8, 4) is 6.01 Å². The van der Waals surface area contributed by atoms with Crippen LogP contribution in [0.4, 0.5) is 5.82 Å². The van der Waals surface area contributed by atoms with Crippen LogP contribution in [0.5, 0.6) is 6.01 Å². The average Bonchev–Trinajstić information content (AvgIpc) is 2.42. The lowest BCUT2D eigenvalue weighted by atomic mass is 10.1. The summed E-state index contributed by atoms with van der Waals surface area (Å²) < 4.78 is 5.17. The molecule has 2 N–H and O–H groups in total. The Kier molecular flexibility index (Phi) is 4.93. The average molecular weight is 265 g/mol. The Hall–Kier alpha value is -1.40. The zero-order valence-electron chi connectivity index (χ0n) is 12.0. The SMILES string of the molecule is COc1nc2c(c(NCCCN(C)C)n1)CNCC2. The van der Waals surface area contributed by atoms with E-state index < -0.39 is 0 Å². The molecule has 0 aromatic carbocycles. The lowest BCUT2D eigenvalue weighted by molar-refractivity contribution is 0.376. The molecule has 0 saturated carbocycles. The first-order chi connectivity index (χ1) is 9.20. The van der Waals surface area contributed by atoms with Crippen molar-refractivity contribution in [1.29, 1.82) is 0 Å². The van der Waals surface area contributed by atoms with Crippen molar-refractivity contribution in [3.05, 3.63) is 11.3 Å². The van der Waals surface area contributed by atoms with Crippen LogP contribution in [-0.4, -0.2) is 55.7 Å². The van der Waals surface area contributed by atoms with Crippen molar-refractivity contribution in [2.75, 3.05) is 46.2 Å². The van der Waals surface area contributed by atoms with Gasteiger partial charge in [0.1, 0.15) is 5.82 Å². The highest BCUT2D eigenvalue weighted by atomic mass is 16.5. The molecule has 0 fully saturated rings. The second-order valence-electron chi connectivity index (χ2n) is 4.99. The fourth-order valence-corrected chi connectivity index (χ4v) is 2.16. The molecule has 1 aliphatic heterocycles. The zero-order chi connectivity index (χ0) is 13.7. The van der Waals surface area contributed by atoms with E-state index in [1.165, 1.54) is 5.56 Å². The van der Waals surface area contributed by atoms with Gasteiger partial charge in [-0.3, -0.25) is 0 Å². The summed E-state index contributed by atoms with van der Waals surface area (Å²) in [5.74, 6) is 0.910. The molecule has 106 valence electrons. The van der Waals surface area contributed by atoms with E-state index in [1.807, 2.05) is 0 Å². The summed E-state index contributed by atoms with van der Waals surface area (Å²) in [6, 6.07) is 0.454. The molecule has 6 heteroatoms. The zero-order valence-corrected chi connectivity index (χ0v) is 12.0. The maximum atomic E-state index is 5.17. The van der Waals surface area contributed by atoms with E-state index in [1.54, 1.807) is 7.11 Å². The quantitative estimate of drug-likeness (QED) is 0.730. The second kappa shape index (κ2) is 6.68. The minimum absolute atomic E-state index is 0.454. The standard InChI is InChI=1S/C13H23N5O/c1-18(2)8-4-6-15-12-10-9-14-7-5-11(10)16-13(17-12)19-3/h14H,4-9H2,1-3H3,(H,15,16,17). The van der Waals surface area contributed by atoms with E-state index in [9.17, 15) is 0 Å². The van der Waals surface area contributed by atoms with Crippen molar-refractivity contribution < 1.29 is 4.74 Å². The maximum Gasteiger partial charge on any atom is 0.318 e. The van der Waals surface area contributed by atoms with Gasteiger partial charge in [-0.15, -0.1) is 0 Å². The highest BCUT2D eigenvalue weighted by molar-refractivity contribution is 5.48. The summed E-state index contributed by atoms with van der Waals surface area (Å²) in [5, 5.41) is 6.76. The van der Waals surface area contributed by atoms with Gasteiger partial charge >= 0.3 is 6.01 Å². The molecule has 0 amide bonds. The van der Waals surface area contributed by atoms with Gasteiger partial charge in [0, 0.05) is 31.6 Å². The van der Waals surface area contributed by atoms with Crippen LogP contribution in [0.1, 0.15) is 17.7 Å². The van der Waals surface area contributed by atoms with Crippen molar-refractivity contribution in [2.45, 2.75) is 19.4 Å². The summed E-state index contributed by atoms with van der Waals surface area (Å²) >= 11 is 0. The molecule has 2 heterocycles. The van der Waals surface area contributed by atoms with Gasteiger partial charge in [0.15, 0.2) is 0 Å². The summed E-state index contributed by atoms with van der Waals surface area (Å²) in [6.07, 6.45) is 2.02. The first kappa shape index (κ1) is 14.0. The Morgan fingerprint density at radius 3 is 2.95 bits per heavy atom. The fourth-order valence-electron chi connectivity index (χ4n) is 2.16. The van der Waals surface area contributed by atoms with E-state index >= 15 is 0 Å². The molecule has 1 aromatic heterocycles. The molecule has 0 saturated heterocycles. The largest absolute Gasteiger partial charge is 0.467 e. The molecule has 1 aromatic rings. The lowest BCUT2D eigenvalue weighted by Crippen LogP contribution is -2.27. The second-order valence-corrected chi connectivity index (χ2v) is 4.99. The van der Waals surface area contributed by atoms with E-state index in [-0.39, 0.29) is 0 Å². The Morgan fingerprint density at radius 2 is 2.21 bits per heavy atom. The van der Waals surface area contributed by atoms with E-state index in [2.05, 4.69) is 39.6 Å². The molecule has 6 nitrogen and oxygen atoms in total. The van der Waals surface area contributed by atoms with Gasteiger partial charge in [-0.1, -0.05) is 0 Å². The number of nitrogens with zero attached hydrogens (tertiary/aromatic N) is 3. The molecule has 0 atom stereocenters. The molecule has 0 radical (unpaired) electrons. The summed E-state index contributed by atoms with van der Waals surface area (Å²) in [5.41, 5.74) is 2.28. The first-order valence-electron chi connectivity index (χ1n) is 6.74. The summed E-state index contributed by atoms with van der Waals surface area (Å²) in [7, 11) is 5.78. The summed E-state index contributed by atoms with van der Waals surface area (Å²) in [6.45, 7) is 3.77. The van der Waals surface area contributed by atoms with Crippen molar-refractivity contribution in [1.82, 2.24) is 20.2 Å². The topological polar surface area (TPSA) is 62.3 Å². The monoisotopic (exact) mass is 265 g/mol. The van der Waals surface area contributed by atoms with Crippen LogP contribution in [0.15, 0.2) is 0 Å². The van der Waals surface area contributed by atoms with Gasteiger partial charge in [0.2, 0.25) is 0 Å². The van der Waals surface area contributed by atoms with Crippen LogP contribution in [0.2, 0.25) is 0 Å². The number of hydrogen-bond donors (Lipinski definition) is 2. The molecule has 19 heavy (non-hydrogen) atoms. The van der Waals surface area contributed by atoms with Crippen molar-refractivity contribution >= 4 is 5.82 Å². The van der Waals surface area contributed by atoms with Gasteiger partial charge < -0.3 is 20.3 Å². The van der Waals surface area contributed by atoms with Crippen LogP contribution in [0.3, 0.4) is 0 Å². The van der Waals surface area contributed by atoms with Crippen molar-refractivity contribution in [2.24, 2.45) is 0 Å². The Labute approximate surface area is 114 Å². The van der Waals surface area contributed by atoms with Gasteiger partial charge in [-0.2, -0.15) is 9.97 Å². The first-order valence-corrected chi connectivity index (χ1v) is 6.74. The lowest BCUT2D eigenvalue weighted by Gasteiger charge is -2.20. The van der Waals surface area contributed by atoms with Gasteiger partial charge in [0.25, 0.3) is 0 Å². The third-order valence-corrected chi connectivity index (χ3v) is 3.17. The normalized spacial score (nSPS) is 14.3. The van der Waals surface area contributed by atoms with Crippen LogP contribution in [0.25, 0.3) is 0 Å². The maximum absolute atomic E-state index is 5.17. The van der Waals surface area contributed by atoms with Gasteiger partial charge in [-0.25, -0.2) is 0 Å². The molecule has 0 bridgehead atoms. The number of methoxy groups -OCH3 is 1. The minimum Gasteiger partial charge on any atom is -0.467 e. The number of hydrogen-bond acceptors (Lipinski definition) is 6. The highest BCUT2D eigenvalue weighted by Crippen LogP contribution is 2.22. The minimum atomic E-state index is 0.454. The Bertz CT molecular complexity index is 422. The Balaban J connectivity index is 2.05. The van der Waals surface area contributed by atoms with E-state index in [0.717, 1.165) is 50.5 Å². The predicted octanol–water partition coefficient (Wildman–Crippen LogP) is 0.494. The molecule has 2 rings (SSSR count). The molecule has 1 aliphatic rings.